The van der Waals surface area contributed by atoms with E-state index in [0.717, 1.165) is 22.2 Å². The summed E-state index contributed by atoms with van der Waals surface area (Å²) in [5.41, 5.74) is 9.05. The molecule has 1 aromatic heterocycles. The van der Waals surface area contributed by atoms with Gasteiger partial charge in [-0.15, -0.1) is 0 Å². The van der Waals surface area contributed by atoms with E-state index in [4.69, 9.17) is 5.73 Å². The molecule has 0 amide bonds. The molecule has 0 unspecified atom stereocenters. The van der Waals surface area contributed by atoms with Crippen LogP contribution in [0.25, 0.3) is 22.2 Å². The molecule has 3 aromatic rings. The van der Waals surface area contributed by atoms with Crippen molar-refractivity contribution in [3.63, 3.8) is 0 Å². The Balaban J connectivity index is 2.27. The minimum atomic E-state index is 0.225. The van der Waals surface area contributed by atoms with Gasteiger partial charge in [0.2, 0.25) is 0 Å². The number of aromatic nitrogens is 2. The van der Waals surface area contributed by atoms with E-state index < -0.39 is 0 Å². The number of rotatable bonds is 1. The summed E-state index contributed by atoms with van der Waals surface area (Å²) >= 11 is 0. The maximum atomic E-state index is 9.48. The third kappa shape index (κ3) is 1.59. The monoisotopic (exact) mass is 225 g/mol. The lowest BCUT2D eigenvalue weighted by atomic mass is 10.1. The van der Waals surface area contributed by atoms with Gasteiger partial charge in [0.25, 0.3) is 0 Å². The summed E-state index contributed by atoms with van der Waals surface area (Å²) in [5.74, 6) is 0.225. The van der Waals surface area contributed by atoms with Crippen molar-refractivity contribution in [3.05, 3.63) is 42.5 Å². The highest BCUT2D eigenvalue weighted by Gasteiger charge is 2.08. The lowest BCUT2D eigenvalue weighted by Crippen LogP contribution is -1.83. The molecule has 0 saturated heterocycles. The summed E-state index contributed by atoms with van der Waals surface area (Å²) in [4.78, 5) is 0. The van der Waals surface area contributed by atoms with Gasteiger partial charge in [-0.2, -0.15) is 5.10 Å². The molecule has 2 aromatic carbocycles. The van der Waals surface area contributed by atoms with Gasteiger partial charge in [-0.05, 0) is 30.3 Å². The second kappa shape index (κ2) is 3.52. The van der Waals surface area contributed by atoms with Crippen LogP contribution in [0.15, 0.2) is 42.5 Å². The number of nitrogens with two attached hydrogens (primary N) is 1. The molecule has 17 heavy (non-hydrogen) atoms. The fourth-order valence-corrected chi connectivity index (χ4v) is 1.90. The number of nitrogens with zero attached hydrogens (tertiary/aromatic N) is 1. The van der Waals surface area contributed by atoms with Crippen molar-refractivity contribution in [2.24, 2.45) is 0 Å². The normalized spacial score (nSPS) is 10.8. The molecule has 0 saturated carbocycles. The van der Waals surface area contributed by atoms with Crippen molar-refractivity contribution in [2.45, 2.75) is 0 Å². The van der Waals surface area contributed by atoms with Gasteiger partial charge in [0.1, 0.15) is 11.4 Å². The molecule has 0 aliphatic carbocycles. The Morgan fingerprint density at radius 2 is 2.00 bits per heavy atom. The molecule has 0 spiro atoms. The van der Waals surface area contributed by atoms with E-state index >= 15 is 0 Å². The van der Waals surface area contributed by atoms with Crippen LogP contribution in [0, 0.1) is 0 Å². The van der Waals surface area contributed by atoms with Crippen LogP contribution in [0.5, 0.6) is 5.75 Å². The zero-order valence-electron chi connectivity index (χ0n) is 9.01. The summed E-state index contributed by atoms with van der Waals surface area (Å²) in [6.45, 7) is 0. The minimum absolute atomic E-state index is 0.225. The molecule has 1 heterocycles. The maximum absolute atomic E-state index is 9.48. The molecule has 3 rings (SSSR count). The molecule has 0 aliphatic heterocycles. The quantitative estimate of drug-likeness (QED) is 0.557. The van der Waals surface area contributed by atoms with Crippen LogP contribution in [-0.2, 0) is 0 Å². The zero-order chi connectivity index (χ0) is 11.8. The summed E-state index contributed by atoms with van der Waals surface area (Å²) in [5, 5.41) is 17.6. The van der Waals surface area contributed by atoms with E-state index in [2.05, 4.69) is 10.2 Å². The predicted molar refractivity (Wildman–Crippen MR) is 67.6 cm³/mol. The SMILES string of the molecule is Nc1ccc2[nH]nc(-c3cccc(O)c3)c2c1. The van der Waals surface area contributed by atoms with Crippen molar-refractivity contribution in [1.29, 1.82) is 0 Å². The lowest BCUT2D eigenvalue weighted by molar-refractivity contribution is 0.475. The second-order valence-corrected chi connectivity index (χ2v) is 3.93. The molecular formula is C13H11N3O. The maximum Gasteiger partial charge on any atom is 0.116 e. The average molecular weight is 225 g/mol. The van der Waals surface area contributed by atoms with Gasteiger partial charge < -0.3 is 10.8 Å². The molecule has 0 bridgehead atoms. The first kappa shape index (κ1) is 9.72. The van der Waals surface area contributed by atoms with Crippen LogP contribution >= 0.6 is 0 Å². The molecule has 0 aliphatic rings. The number of aromatic amines is 1. The second-order valence-electron chi connectivity index (χ2n) is 3.93. The number of phenols is 1. The van der Waals surface area contributed by atoms with Crippen LogP contribution in [0.1, 0.15) is 0 Å². The summed E-state index contributed by atoms with van der Waals surface area (Å²) in [7, 11) is 0. The largest absolute Gasteiger partial charge is 0.508 e. The molecule has 4 N–H and O–H groups in total. The highest BCUT2D eigenvalue weighted by molar-refractivity contribution is 5.94. The van der Waals surface area contributed by atoms with Crippen LogP contribution in [-0.4, -0.2) is 15.3 Å². The average Bonchev–Trinajstić information content (AvgIpc) is 2.71. The fraction of sp³-hybridized carbons (Fsp3) is 0. The number of aromatic hydroxyl groups is 1. The van der Waals surface area contributed by atoms with Gasteiger partial charge in [0.05, 0.1) is 5.52 Å². The smallest absolute Gasteiger partial charge is 0.116 e. The van der Waals surface area contributed by atoms with Crippen LogP contribution in [0.3, 0.4) is 0 Å². The molecule has 4 nitrogen and oxygen atoms in total. The molecular weight excluding hydrogens is 214 g/mol. The number of nitrogens with one attached hydrogen (secondary N) is 1. The van der Waals surface area contributed by atoms with Crippen molar-refractivity contribution in [2.75, 3.05) is 5.73 Å². The van der Waals surface area contributed by atoms with Gasteiger partial charge in [0.15, 0.2) is 0 Å². The topological polar surface area (TPSA) is 74.9 Å². The summed E-state index contributed by atoms with van der Waals surface area (Å²) in [6.07, 6.45) is 0. The Morgan fingerprint density at radius 1 is 1.12 bits per heavy atom. The van der Waals surface area contributed by atoms with Crippen molar-refractivity contribution in [3.8, 4) is 17.0 Å². The van der Waals surface area contributed by atoms with E-state index in [0.29, 0.717) is 5.69 Å². The number of fused-ring (bicyclic) bond motifs is 1. The standard InChI is InChI=1S/C13H11N3O/c14-9-4-5-12-11(7-9)13(16-15-12)8-2-1-3-10(17)6-8/h1-7,17H,14H2,(H,15,16). The molecule has 84 valence electrons. The van der Waals surface area contributed by atoms with Gasteiger partial charge in [-0.3, -0.25) is 5.10 Å². The zero-order valence-corrected chi connectivity index (χ0v) is 9.01. The van der Waals surface area contributed by atoms with Crippen LogP contribution < -0.4 is 5.73 Å². The number of hydrogen-bond acceptors (Lipinski definition) is 3. The first-order valence-corrected chi connectivity index (χ1v) is 5.27. The Labute approximate surface area is 97.7 Å². The first-order valence-electron chi connectivity index (χ1n) is 5.27. The highest BCUT2D eigenvalue weighted by atomic mass is 16.3. The Kier molecular flexibility index (Phi) is 2.01. The summed E-state index contributed by atoms with van der Waals surface area (Å²) in [6, 6.07) is 12.6. The van der Waals surface area contributed by atoms with Gasteiger partial charge >= 0.3 is 0 Å². The number of hydrogen-bond donors (Lipinski definition) is 3. The third-order valence-corrected chi connectivity index (χ3v) is 2.71. The van der Waals surface area contributed by atoms with Gasteiger partial charge in [-0.25, -0.2) is 0 Å². The van der Waals surface area contributed by atoms with Gasteiger partial charge in [-0.1, -0.05) is 12.1 Å². The van der Waals surface area contributed by atoms with E-state index in [1.807, 2.05) is 24.3 Å². The Morgan fingerprint density at radius 3 is 2.82 bits per heavy atom. The fourth-order valence-electron chi connectivity index (χ4n) is 1.90. The number of benzene rings is 2. The van der Waals surface area contributed by atoms with E-state index in [1.54, 1.807) is 18.2 Å². The molecule has 0 fully saturated rings. The number of nitrogen functional groups attached to an aromatic ring is 1. The summed E-state index contributed by atoms with van der Waals surface area (Å²) < 4.78 is 0. The number of anilines is 1. The van der Waals surface area contributed by atoms with Crippen molar-refractivity contribution >= 4 is 16.6 Å². The predicted octanol–water partition coefficient (Wildman–Crippen LogP) is 2.52. The van der Waals surface area contributed by atoms with Crippen LogP contribution in [0.4, 0.5) is 5.69 Å². The van der Waals surface area contributed by atoms with E-state index in [9.17, 15) is 5.11 Å². The van der Waals surface area contributed by atoms with E-state index in [-0.39, 0.29) is 5.75 Å². The Bertz CT molecular complexity index is 688. The van der Waals surface area contributed by atoms with Gasteiger partial charge in [0, 0.05) is 16.6 Å². The van der Waals surface area contributed by atoms with E-state index in [1.165, 1.54) is 0 Å². The van der Waals surface area contributed by atoms with Crippen molar-refractivity contribution in [1.82, 2.24) is 10.2 Å². The molecule has 0 atom stereocenters. The highest BCUT2D eigenvalue weighted by Crippen LogP contribution is 2.29. The van der Waals surface area contributed by atoms with Crippen molar-refractivity contribution < 1.29 is 5.11 Å². The molecule has 4 heteroatoms. The number of phenolic OH excluding ortho intramolecular Hbond substituents is 1. The first-order chi connectivity index (χ1) is 8.24. The lowest BCUT2D eigenvalue weighted by Gasteiger charge is -1.99. The number of H-pyrrole nitrogens is 1. The van der Waals surface area contributed by atoms with Crippen LogP contribution in [0.2, 0.25) is 0 Å². The molecule has 0 radical (unpaired) electrons. The minimum Gasteiger partial charge on any atom is -0.508 e. The third-order valence-electron chi connectivity index (χ3n) is 2.71. The Hall–Kier alpha value is -2.49.